The Morgan fingerprint density at radius 2 is 2.18 bits per heavy atom. The van der Waals surface area contributed by atoms with Crippen molar-refractivity contribution in [1.29, 1.82) is 0 Å². The number of anilines is 1. The molecule has 0 heterocycles. The monoisotopic (exact) mass is 237 g/mol. The van der Waals surface area contributed by atoms with E-state index in [4.69, 9.17) is 10.5 Å². The summed E-state index contributed by atoms with van der Waals surface area (Å²) in [5.74, 6) is -0.0449. The summed E-state index contributed by atoms with van der Waals surface area (Å²) in [7, 11) is 1.60. The maximum Gasteiger partial charge on any atom is 0.234 e. The number of carbonyl (C=O) groups excluding carboxylic acids is 1. The first-order valence-electron chi connectivity index (χ1n) is 5.53. The van der Waals surface area contributed by atoms with E-state index in [2.05, 4.69) is 10.6 Å². The van der Waals surface area contributed by atoms with Crippen LogP contribution in [0.15, 0.2) is 24.3 Å². The summed E-state index contributed by atoms with van der Waals surface area (Å²) in [5.41, 5.74) is 7.51. The first-order chi connectivity index (χ1) is 8.24. The Morgan fingerprint density at radius 1 is 1.41 bits per heavy atom. The molecule has 17 heavy (non-hydrogen) atoms. The standard InChI is InChI=1S/C12H19N3O2/c1-17-7-6-15-12(16)9-14-8-10-4-2-3-5-11(10)13/h2-5,14H,6-9,13H2,1H3,(H,15,16). The van der Waals surface area contributed by atoms with Crippen LogP contribution in [0.25, 0.3) is 0 Å². The van der Waals surface area contributed by atoms with Gasteiger partial charge in [-0.1, -0.05) is 18.2 Å². The molecule has 1 aromatic carbocycles. The highest BCUT2D eigenvalue weighted by Gasteiger charge is 2.01. The molecule has 5 nitrogen and oxygen atoms in total. The zero-order valence-electron chi connectivity index (χ0n) is 10.0. The van der Waals surface area contributed by atoms with E-state index >= 15 is 0 Å². The quantitative estimate of drug-likeness (QED) is 0.465. The van der Waals surface area contributed by atoms with Crippen molar-refractivity contribution in [2.24, 2.45) is 0 Å². The van der Waals surface area contributed by atoms with Crippen LogP contribution in [-0.2, 0) is 16.1 Å². The molecule has 0 bridgehead atoms. The van der Waals surface area contributed by atoms with E-state index in [1.54, 1.807) is 7.11 Å². The van der Waals surface area contributed by atoms with Gasteiger partial charge in [-0.15, -0.1) is 0 Å². The maximum absolute atomic E-state index is 11.3. The Bertz CT molecular complexity index is 355. The van der Waals surface area contributed by atoms with Gasteiger partial charge < -0.3 is 21.1 Å². The number of hydrogen-bond acceptors (Lipinski definition) is 4. The van der Waals surface area contributed by atoms with Crippen molar-refractivity contribution >= 4 is 11.6 Å². The SMILES string of the molecule is COCCNC(=O)CNCc1ccccc1N. The molecule has 0 aliphatic heterocycles. The van der Waals surface area contributed by atoms with Gasteiger partial charge in [-0.25, -0.2) is 0 Å². The first-order valence-corrected chi connectivity index (χ1v) is 5.53. The predicted octanol–water partition coefficient (Wildman–Crippen LogP) is 0.121. The summed E-state index contributed by atoms with van der Waals surface area (Å²) in [6.45, 7) is 1.92. The number of para-hydroxylation sites is 1. The van der Waals surface area contributed by atoms with Crippen LogP contribution in [0.4, 0.5) is 5.69 Å². The van der Waals surface area contributed by atoms with Crippen LogP contribution in [0.3, 0.4) is 0 Å². The van der Waals surface area contributed by atoms with Gasteiger partial charge in [0.05, 0.1) is 13.2 Å². The molecule has 0 saturated heterocycles. The van der Waals surface area contributed by atoms with E-state index in [9.17, 15) is 4.79 Å². The van der Waals surface area contributed by atoms with E-state index in [0.29, 0.717) is 19.7 Å². The second-order valence-electron chi connectivity index (χ2n) is 3.65. The molecule has 0 aliphatic rings. The van der Waals surface area contributed by atoms with Gasteiger partial charge in [0.15, 0.2) is 0 Å². The van der Waals surface area contributed by atoms with Crippen molar-refractivity contribution in [2.75, 3.05) is 32.5 Å². The molecule has 0 atom stereocenters. The minimum absolute atomic E-state index is 0.0449. The molecule has 1 aromatic rings. The number of rotatable bonds is 7. The van der Waals surface area contributed by atoms with Gasteiger partial charge >= 0.3 is 0 Å². The predicted molar refractivity (Wildman–Crippen MR) is 67.4 cm³/mol. The molecule has 5 heteroatoms. The van der Waals surface area contributed by atoms with Crippen molar-refractivity contribution < 1.29 is 9.53 Å². The molecular weight excluding hydrogens is 218 g/mol. The minimum atomic E-state index is -0.0449. The van der Waals surface area contributed by atoms with Crippen molar-refractivity contribution in [2.45, 2.75) is 6.54 Å². The average molecular weight is 237 g/mol. The number of hydrogen-bond donors (Lipinski definition) is 3. The third kappa shape index (κ3) is 5.33. The van der Waals surface area contributed by atoms with Crippen LogP contribution in [0.5, 0.6) is 0 Å². The largest absolute Gasteiger partial charge is 0.398 e. The lowest BCUT2D eigenvalue weighted by atomic mass is 10.2. The molecule has 1 rings (SSSR count). The van der Waals surface area contributed by atoms with Crippen LogP contribution in [0.1, 0.15) is 5.56 Å². The molecule has 0 saturated carbocycles. The molecule has 0 aliphatic carbocycles. The fourth-order valence-electron chi connectivity index (χ4n) is 1.36. The number of carbonyl (C=O) groups is 1. The van der Waals surface area contributed by atoms with Crippen LogP contribution in [0, 0.1) is 0 Å². The highest BCUT2D eigenvalue weighted by molar-refractivity contribution is 5.77. The lowest BCUT2D eigenvalue weighted by Gasteiger charge is -2.08. The third-order valence-electron chi connectivity index (χ3n) is 2.28. The van der Waals surface area contributed by atoms with Gasteiger partial charge in [-0.05, 0) is 11.6 Å². The molecule has 0 spiro atoms. The molecule has 0 unspecified atom stereocenters. The number of methoxy groups -OCH3 is 1. The fourth-order valence-corrected chi connectivity index (χ4v) is 1.36. The maximum atomic E-state index is 11.3. The zero-order chi connectivity index (χ0) is 12.5. The Morgan fingerprint density at radius 3 is 2.88 bits per heavy atom. The van der Waals surface area contributed by atoms with Crippen molar-refractivity contribution in [3.63, 3.8) is 0 Å². The molecule has 4 N–H and O–H groups in total. The van der Waals surface area contributed by atoms with Crippen molar-refractivity contribution in [3.05, 3.63) is 29.8 Å². The number of nitrogens with one attached hydrogen (secondary N) is 2. The van der Waals surface area contributed by atoms with Gasteiger partial charge in [-0.2, -0.15) is 0 Å². The molecule has 0 fully saturated rings. The second-order valence-corrected chi connectivity index (χ2v) is 3.65. The summed E-state index contributed by atoms with van der Waals surface area (Å²) in [6.07, 6.45) is 0. The molecular formula is C12H19N3O2. The topological polar surface area (TPSA) is 76.4 Å². The number of ether oxygens (including phenoxy) is 1. The van der Waals surface area contributed by atoms with Gasteiger partial charge in [0.2, 0.25) is 5.91 Å². The lowest BCUT2D eigenvalue weighted by Crippen LogP contribution is -2.35. The number of amides is 1. The molecule has 0 radical (unpaired) electrons. The van der Waals surface area contributed by atoms with Crippen LogP contribution < -0.4 is 16.4 Å². The minimum Gasteiger partial charge on any atom is -0.398 e. The van der Waals surface area contributed by atoms with E-state index in [-0.39, 0.29) is 12.5 Å². The highest BCUT2D eigenvalue weighted by Crippen LogP contribution is 2.09. The fraction of sp³-hybridized carbons (Fsp3) is 0.417. The number of nitrogen functional groups attached to an aromatic ring is 1. The van der Waals surface area contributed by atoms with Gasteiger partial charge in [0, 0.05) is 25.9 Å². The lowest BCUT2D eigenvalue weighted by molar-refractivity contribution is -0.120. The van der Waals surface area contributed by atoms with Crippen LogP contribution in [-0.4, -0.2) is 32.7 Å². The smallest absolute Gasteiger partial charge is 0.234 e. The first kappa shape index (κ1) is 13.5. The van der Waals surface area contributed by atoms with Gasteiger partial charge in [-0.3, -0.25) is 4.79 Å². The summed E-state index contributed by atoms with van der Waals surface area (Å²) in [6, 6.07) is 7.59. The summed E-state index contributed by atoms with van der Waals surface area (Å²) >= 11 is 0. The van der Waals surface area contributed by atoms with Crippen LogP contribution in [0.2, 0.25) is 0 Å². The van der Waals surface area contributed by atoms with Gasteiger partial charge in [0.1, 0.15) is 0 Å². The number of nitrogens with two attached hydrogens (primary N) is 1. The van der Waals surface area contributed by atoms with Gasteiger partial charge in [0.25, 0.3) is 0 Å². The molecule has 0 aromatic heterocycles. The molecule has 94 valence electrons. The van der Waals surface area contributed by atoms with Crippen molar-refractivity contribution in [3.8, 4) is 0 Å². The summed E-state index contributed by atoms with van der Waals surface area (Å²) < 4.78 is 4.83. The molecule has 1 amide bonds. The zero-order valence-corrected chi connectivity index (χ0v) is 10.0. The van der Waals surface area contributed by atoms with Crippen molar-refractivity contribution in [1.82, 2.24) is 10.6 Å². The van der Waals surface area contributed by atoms with E-state index in [1.165, 1.54) is 0 Å². The third-order valence-corrected chi connectivity index (χ3v) is 2.28. The second kappa shape index (κ2) is 7.65. The average Bonchev–Trinajstić information content (AvgIpc) is 2.32. The van der Waals surface area contributed by atoms with E-state index in [0.717, 1.165) is 11.3 Å². The normalized spacial score (nSPS) is 10.2. The Balaban J connectivity index is 2.19. The summed E-state index contributed by atoms with van der Waals surface area (Å²) in [4.78, 5) is 11.3. The Kier molecular flexibility index (Phi) is 6.06. The van der Waals surface area contributed by atoms with E-state index in [1.807, 2.05) is 24.3 Å². The highest BCUT2D eigenvalue weighted by atomic mass is 16.5. The Hall–Kier alpha value is -1.59. The summed E-state index contributed by atoms with van der Waals surface area (Å²) in [5, 5.41) is 5.76. The van der Waals surface area contributed by atoms with Crippen LogP contribution >= 0.6 is 0 Å². The Labute approximate surface area is 101 Å². The van der Waals surface area contributed by atoms with E-state index < -0.39 is 0 Å². The number of benzene rings is 1.